The molecule has 2 N–H and O–H groups in total. The summed E-state index contributed by atoms with van der Waals surface area (Å²) in [5, 5.41) is 2.85. The molecule has 7 nitrogen and oxygen atoms in total. The predicted octanol–water partition coefficient (Wildman–Crippen LogP) is 4.73. The topological polar surface area (TPSA) is 97.4 Å². The Morgan fingerprint density at radius 2 is 1.72 bits per heavy atom. The molecule has 0 atom stereocenters. The molecule has 0 bridgehead atoms. The minimum Gasteiger partial charge on any atom is -0.439 e. The molecule has 1 heterocycles. The van der Waals surface area contributed by atoms with E-state index < -0.39 is 15.8 Å². The first kappa shape index (κ1) is 23.2. The van der Waals surface area contributed by atoms with Crippen LogP contribution in [0.25, 0.3) is 0 Å². The number of amides is 1. The van der Waals surface area contributed by atoms with Gasteiger partial charge in [0.1, 0.15) is 11.6 Å². The molecule has 168 valence electrons. The van der Waals surface area contributed by atoms with Gasteiger partial charge in [-0.3, -0.25) is 9.52 Å². The van der Waals surface area contributed by atoms with Gasteiger partial charge in [0.15, 0.2) is 0 Å². The fourth-order valence-corrected chi connectivity index (χ4v) is 3.85. The maximum absolute atomic E-state index is 13.0. The van der Waals surface area contributed by atoms with Crippen molar-refractivity contribution < 1.29 is 22.3 Å². The van der Waals surface area contributed by atoms with Crippen LogP contribution in [0.3, 0.4) is 0 Å². The number of hydrogen-bond donors (Lipinski definition) is 2. The first-order valence-corrected chi connectivity index (χ1v) is 11.7. The molecule has 32 heavy (non-hydrogen) atoms. The van der Waals surface area contributed by atoms with Crippen LogP contribution >= 0.6 is 0 Å². The average molecular weight is 458 g/mol. The second kappa shape index (κ2) is 10.7. The van der Waals surface area contributed by atoms with Crippen LogP contribution in [0, 0.1) is 5.82 Å². The minimum atomic E-state index is -3.83. The zero-order valence-corrected chi connectivity index (χ0v) is 18.4. The summed E-state index contributed by atoms with van der Waals surface area (Å²) in [4.78, 5) is 16.2. The molecule has 0 aliphatic heterocycles. The van der Waals surface area contributed by atoms with Crippen molar-refractivity contribution in [1.82, 2.24) is 10.3 Å². The highest BCUT2D eigenvalue weighted by atomic mass is 32.2. The van der Waals surface area contributed by atoms with Crippen molar-refractivity contribution in [3.8, 4) is 11.6 Å². The van der Waals surface area contributed by atoms with E-state index >= 15 is 0 Å². The number of carbonyl (C=O) groups is 1. The van der Waals surface area contributed by atoms with Crippen LogP contribution in [0.1, 0.15) is 36.5 Å². The van der Waals surface area contributed by atoms with Crippen molar-refractivity contribution in [2.45, 2.75) is 31.1 Å². The van der Waals surface area contributed by atoms with Crippen LogP contribution in [0.2, 0.25) is 0 Å². The van der Waals surface area contributed by atoms with Crippen LogP contribution < -0.4 is 14.8 Å². The van der Waals surface area contributed by atoms with E-state index in [0.717, 1.165) is 31.4 Å². The summed E-state index contributed by atoms with van der Waals surface area (Å²) in [6, 6.07) is 14.0. The molecule has 0 radical (unpaired) electrons. The summed E-state index contributed by atoms with van der Waals surface area (Å²) in [7, 11) is -3.83. The minimum absolute atomic E-state index is 0.0436. The number of hydrogen-bond acceptors (Lipinski definition) is 5. The third kappa shape index (κ3) is 6.52. The summed E-state index contributed by atoms with van der Waals surface area (Å²) in [6.07, 6.45) is 4.53. The number of halogens is 1. The SMILES string of the molecule is CCCCCNC(=O)c1ccc(Oc2ccc(NS(=O)(=O)c3ccc(F)cc3)cc2)nc1. The monoisotopic (exact) mass is 457 g/mol. The molecule has 0 spiro atoms. The third-order valence-electron chi connectivity index (χ3n) is 4.52. The number of benzene rings is 2. The average Bonchev–Trinajstić information content (AvgIpc) is 2.78. The van der Waals surface area contributed by atoms with E-state index in [-0.39, 0.29) is 10.8 Å². The van der Waals surface area contributed by atoms with Gasteiger partial charge >= 0.3 is 0 Å². The molecule has 2 aromatic carbocycles. The number of aromatic nitrogens is 1. The molecule has 0 unspecified atom stereocenters. The Morgan fingerprint density at radius 1 is 1.00 bits per heavy atom. The van der Waals surface area contributed by atoms with Crippen LogP contribution in [-0.4, -0.2) is 25.9 Å². The van der Waals surface area contributed by atoms with Gasteiger partial charge < -0.3 is 10.1 Å². The lowest BCUT2D eigenvalue weighted by atomic mass is 10.2. The van der Waals surface area contributed by atoms with Crippen molar-refractivity contribution >= 4 is 21.6 Å². The maximum Gasteiger partial charge on any atom is 0.261 e. The first-order chi connectivity index (χ1) is 15.4. The Morgan fingerprint density at radius 3 is 2.34 bits per heavy atom. The maximum atomic E-state index is 13.0. The quantitative estimate of drug-likeness (QED) is 0.429. The van der Waals surface area contributed by atoms with Gasteiger partial charge in [-0.25, -0.2) is 17.8 Å². The van der Waals surface area contributed by atoms with Crippen molar-refractivity contribution in [1.29, 1.82) is 0 Å². The summed E-state index contributed by atoms with van der Waals surface area (Å²) >= 11 is 0. The molecule has 9 heteroatoms. The molecule has 0 aliphatic rings. The fraction of sp³-hybridized carbons (Fsp3) is 0.217. The number of rotatable bonds is 10. The van der Waals surface area contributed by atoms with Crippen molar-refractivity contribution in [2.75, 3.05) is 11.3 Å². The molecule has 1 aromatic heterocycles. The van der Waals surface area contributed by atoms with Crippen LogP contribution in [0.5, 0.6) is 11.6 Å². The van der Waals surface area contributed by atoms with Gasteiger partial charge in [-0.05, 0) is 61.0 Å². The number of sulfonamides is 1. The largest absolute Gasteiger partial charge is 0.439 e. The van der Waals surface area contributed by atoms with E-state index in [0.29, 0.717) is 29.4 Å². The number of nitrogens with zero attached hydrogens (tertiary/aromatic N) is 1. The lowest BCUT2D eigenvalue weighted by Gasteiger charge is -2.10. The Kier molecular flexibility index (Phi) is 7.77. The molecule has 0 saturated heterocycles. The van der Waals surface area contributed by atoms with Crippen molar-refractivity contribution in [3.63, 3.8) is 0 Å². The fourth-order valence-electron chi connectivity index (χ4n) is 2.79. The Hall–Kier alpha value is -3.46. The van der Waals surface area contributed by atoms with Gasteiger partial charge in [0.05, 0.1) is 10.5 Å². The Balaban J connectivity index is 1.57. The van der Waals surface area contributed by atoms with Gasteiger partial charge in [-0.15, -0.1) is 0 Å². The number of unbranched alkanes of at least 4 members (excludes halogenated alkanes) is 2. The molecule has 3 rings (SSSR count). The molecule has 0 fully saturated rings. The van der Waals surface area contributed by atoms with E-state index in [4.69, 9.17) is 4.74 Å². The summed E-state index contributed by atoms with van der Waals surface area (Å²) in [5.74, 6) is 0.0452. The molecule has 0 saturated carbocycles. The lowest BCUT2D eigenvalue weighted by Crippen LogP contribution is -2.24. The van der Waals surface area contributed by atoms with Gasteiger partial charge in [0, 0.05) is 24.5 Å². The number of anilines is 1. The number of ether oxygens (including phenoxy) is 1. The number of nitrogens with one attached hydrogen (secondary N) is 2. The Bertz CT molecular complexity index is 1130. The smallest absolute Gasteiger partial charge is 0.261 e. The number of carbonyl (C=O) groups excluding carboxylic acids is 1. The molecule has 0 aliphatic carbocycles. The molecule has 3 aromatic rings. The highest BCUT2D eigenvalue weighted by molar-refractivity contribution is 7.92. The van der Waals surface area contributed by atoms with Crippen molar-refractivity contribution in [2.24, 2.45) is 0 Å². The van der Waals surface area contributed by atoms with Crippen LogP contribution in [-0.2, 0) is 10.0 Å². The highest BCUT2D eigenvalue weighted by Crippen LogP contribution is 2.23. The summed E-state index contributed by atoms with van der Waals surface area (Å²) < 4.78 is 45.8. The van der Waals surface area contributed by atoms with E-state index in [9.17, 15) is 17.6 Å². The second-order valence-corrected chi connectivity index (χ2v) is 8.72. The Labute approximate surface area is 186 Å². The zero-order valence-electron chi connectivity index (χ0n) is 17.5. The van der Waals surface area contributed by atoms with Crippen LogP contribution in [0.4, 0.5) is 10.1 Å². The normalized spacial score (nSPS) is 11.1. The van der Waals surface area contributed by atoms with E-state index in [1.807, 2.05) is 0 Å². The van der Waals surface area contributed by atoms with E-state index in [1.165, 1.54) is 30.5 Å². The standard InChI is InChI=1S/C23H24FN3O4S/c1-2-3-4-15-25-23(28)17-5-14-22(26-16-17)31-20-10-8-19(9-11-20)27-32(29,30)21-12-6-18(24)7-13-21/h5-14,16,27H,2-4,15H2,1H3,(H,25,28). The third-order valence-corrected chi connectivity index (χ3v) is 5.91. The van der Waals surface area contributed by atoms with Gasteiger partial charge in [-0.2, -0.15) is 0 Å². The summed E-state index contributed by atoms with van der Waals surface area (Å²) in [6.45, 7) is 2.73. The van der Waals surface area contributed by atoms with Crippen LogP contribution in [0.15, 0.2) is 71.8 Å². The van der Waals surface area contributed by atoms with E-state index in [1.54, 1.807) is 24.3 Å². The van der Waals surface area contributed by atoms with Crippen molar-refractivity contribution in [3.05, 3.63) is 78.2 Å². The lowest BCUT2D eigenvalue weighted by molar-refractivity contribution is 0.0952. The first-order valence-electron chi connectivity index (χ1n) is 10.2. The number of pyridine rings is 1. The van der Waals surface area contributed by atoms with E-state index in [2.05, 4.69) is 21.9 Å². The van der Waals surface area contributed by atoms with Gasteiger partial charge in [0.25, 0.3) is 15.9 Å². The highest BCUT2D eigenvalue weighted by Gasteiger charge is 2.14. The second-order valence-electron chi connectivity index (χ2n) is 7.03. The predicted molar refractivity (Wildman–Crippen MR) is 120 cm³/mol. The zero-order chi connectivity index (χ0) is 23.0. The molecular weight excluding hydrogens is 433 g/mol. The molecular formula is C23H24FN3O4S. The molecule has 1 amide bonds. The van der Waals surface area contributed by atoms with Gasteiger partial charge in [-0.1, -0.05) is 19.8 Å². The summed E-state index contributed by atoms with van der Waals surface area (Å²) in [5.41, 5.74) is 0.768. The van der Waals surface area contributed by atoms with Gasteiger partial charge in [0.2, 0.25) is 5.88 Å².